The summed E-state index contributed by atoms with van der Waals surface area (Å²) in [5.74, 6) is 0. The van der Waals surface area contributed by atoms with E-state index in [1.807, 2.05) is 32.3 Å². The van der Waals surface area contributed by atoms with E-state index >= 15 is 0 Å². The molecule has 0 spiro atoms. The summed E-state index contributed by atoms with van der Waals surface area (Å²) in [6.07, 6.45) is 0. The monoisotopic (exact) mass is 284 g/mol. The van der Waals surface area contributed by atoms with Gasteiger partial charge in [-0.15, -0.1) is 0 Å². The molecule has 0 aliphatic carbocycles. The standard InChI is InChI=1S/C17H17ClN2/c1-19(2)16-11-14(18)9-13-10-15(20(3)17(13)16)12-7-5-4-6-8-12/h4-11H,1-3H3. The van der Waals surface area contributed by atoms with Gasteiger partial charge in [0.25, 0.3) is 0 Å². The van der Waals surface area contributed by atoms with Crippen LogP contribution in [0.15, 0.2) is 48.5 Å². The number of anilines is 1. The fourth-order valence-electron chi connectivity index (χ4n) is 2.67. The molecule has 0 radical (unpaired) electrons. The third kappa shape index (κ3) is 2.06. The Morgan fingerprint density at radius 2 is 1.70 bits per heavy atom. The van der Waals surface area contributed by atoms with Crippen LogP contribution >= 0.6 is 11.6 Å². The summed E-state index contributed by atoms with van der Waals surface area (Å²) < 4.78 is 2.23. The molecule has 20 heavy (non-hydrogen) atoms. The van der Waals surface area contributed by atoms with Crippen LogP contribution in [0.3, 0.4) is 0 Å². The molecule has 0 N–H and O–H groups in total. The number of fused-ring (bicyclic) bond motifs is 1. The van der Waals surface area contributed by atoms with Gasteiger partial charge in [0.1, 0.15) is 0 Å². The molecule has 2 aromatic carbocycles. The van der Waals surface area contributed by atoms with Crippen molar-refractivity contribution in [2.24, 2.45) is 7.05 Å². The van der Waals surface area contributed by atoms with Crippen molar-refractivity contribution < 1.29 is 0 Å². The molecule has 0 unspecified atom stereocenters. The van der Waals surface area contributed by atoms with Gasteiger partial charge in [0.15, 0.2) is 0 Å². The maximum absolute atomic E-state index is 6.24. The zero-order chi connectivity index (χ0) is 14.3. The fourth-order valence-corrected chi connectivity index (χ4v) is 2.89. The summed E-state index contributed by atoms with van der Waals surface area (Å²) in [4.78, 5) is 2.10. The lowest BCUT2D eigenvalue weighted by atomic mass is 10.1. The van der Waals surface area contributed by atoms with Crippen LogP contribution in [0, 0.1) is 0 Å². The van der Waals surface area contributed by atoms with E-state index in [1.54, 1.807) is 0 Å². The van der Waals surface area contributed by atoms with Gasteiger partial charge in [0.05, 0.1) is 11.2 Å². The molecule has 0 fully saturated rings. The lowest BCUT2D eigenvalue weighted by Gasteiger charge is -2.16. The third-order valence-corrected chi connectivity index (χ3v) is 3.84. The summed E-state index contributed by atoms with van der Waals surface area (Å²) in [6, 6.07) is 16.7. The number of hydrogen-bond acceptors (Lipinski definition) is 1. The number of halogens is 1. The van der Waals surface area contributed by atoms with E-state index in [4.69, 9.17) is 11.6 Å². The SMILES string of the molecule is CN(C)c1cc(Cl)cc2cc(-c3ccccc3)n(C)c12. The van der Waals surface area contributed by atoms with Crippen molar-refractivity contribution in [1.29, 1.82) is 0 Å². The van der Waals surface area contributed by atoms with Gasteiger partial charge >= 0.3 is 0 Å². The largest absolute Gasteiger partial charge is 0.376 e. The molecule has 0 saturated carbocycles. The Balaban J connectivity index is 2.33. The van der Waals surface area contributed by atoms with Crippen LogP contribution in [0.4, 0.5) is 5.69 Å². The van der Waals surface area contributed by atoms with Crippen LogP contribution in [0.5, 0.6) is 0 Å². The minimum Gasteiger partial charge on any atom is -0.376 e. The molecule has 2 nitrogen and oxygen atoms in total. The second-order valence-electron chi connectivity index (χ2n) is 5.21. The third-order valence-electron chi connectivity index (χ3n) is 3.62. The van der Waals surface area contributed by atoms with Gasteiger partial charge in [-0.05, 0) is 23.8 Å². The molecule has 1 aromatic heterocycles. The smallest absolute Gasteiger partial charge is 0.0721 e. The maximum atomic E-state index is 6.24. The highest BCUT2D eigenvalue weighted by molar-refractivity contribution is 6.32. The normalized spacial score (nSPS) is 11.0. The van der Waals surface area contributed by atoms with Gasteiger partial charge in [-0.3, -0.25) is 0 Å². The Bertz CT molecular complexity index is 758. The molecular weight excluding hydrogens is 268 g/mol. The van der Waals surface area contributed by atoms with Gasteiger partial charge in [-0.25, -0.2) is 0 Å². The maximum Gasteiger partial charge on any atom is 0.0721 e. The minimum atomic E-state index is 0.770. The lowest BCUT2D eigenvalue weighted by Crippen LogP contribution is -2.10. The van der Waals surface area contributed by atoms with E-state index in [2.05, 4.69) is 46.8 Å². The van der Waals surface area contributed by atoms with Crippen LogP contribution < -0.4 is 4.90 Å². The van der Waals surface area contributed by atoms with Crippen LogP contribution in [-0.2, 0) is 7.05 Å². The second kappa shape index (κ2) is 4.88. The topological polar surface area (TPSA) is 8.17 Å². The van der Waals surface area contributed by atoms with Crippen molar-refractivity contribution >= 4 is 28.2 Å². The number of benzene rings is 2. The van der Waals surface area contributed by atoms with Gasteiger partial charge in [-0.1, -0.05) is 41.9 Å². The number of aromatic nitrogens is 1. The molecule has 3 aromatic rings. The first kappa shape index (κ1) is 13.1. The minimum absolute atomic E-state index is 0.770. The van der Waals surface area contributed by atoms with Crippen LogP contribution in [0.25, 0.3) is 22.2 Å². The van der Waals surface area contributed by atoms with Crippen molar-refractivity contribution in [3.63, 3.8) is 0 Å². The van der Waals surface area contributed by atoms with E-state index in [0.29, 0.717) is 0 Å². The first-order valence-corrected chi connectivity index (χ1v) is 6.97. The Morgan fingerprint density at radius 1 is 1.00 bits per heavy atom. The van der Waals surface area contributed by atoms with Crippen molar-refractivity contribution in [3.8, 4) is 11.3 Å². The molecule has 0 aliphatic rings. The Kier molecular flexibility index (Phi) is 3.19. The quantitative estimate of drug-likeness (QED) is 0.669. The summed E-state index contributed by atoms with van der Waals surface area (Å²) in [6.45, 7) is 0. The van der Waals surface area contributed by atoms with Crippen LogP contribution in [0.1, 0.15) is 0 Å². The first-order valence-electron chi connectivity index (χ1n) is 6.59. The Morgan fingerprint density at radius 3 is 2.35 bits per heavy atom. The van der Waals surface area contributed by atoms with E-state index in [-0.39, 0.29) is 0 Å². The Labute approximate surface area is 124 Å². The van der Waals surface area contributed by atoms with Gasteiger partial charge in [0.2, 0.25) is 0 Å². The summed E-state index contributed by atoms with van der Waals surface area (Å²) in [5, 5.41) is 1.94. The van der Waals surface area contributed by atoms with Crippen LogP contribution in [-0.4, -0.2) is 18.7 Å². The number of aryl methyl sites for hydroxylation is 1. The highest BCUT2D eigenvalue weighted by atomic mass is 35.5. The van der Waals surface area contributed by atoms with Crippen LogP contribution in [0.2, 0.25) is 5.02 Å². The van der Waals surface area contributed by atoms with Crippen molar-refractivity contribution in [2.45, 2.75) is 0 Å². The zero-order valence-electron chi connectivity index (χ0n) is 11.9. The molecular formula is C17H17ClN2. The highest BCUT2D eigenvalue weighted by Gasteiger charge is 2.13. The van der Waals surface area contributed by atoms with Crippen molar-refractivity contribution in [2.75, 3.05) is 19.0 Å². The first-order chi connectivity index (χ1) is 9.58. The molecule has 0 saturated heterocycles. The molecule has 3 rings (SSSR count). The number of nitrogens with zero attached hydrogens (tertiary/aromatic N) is 2. The second-order valence-corrected chi connectivity index (χ2v) is 5.65. The van der Waals surface area contributed by atoms with Crippen molar-refractivity contribution in [1.82, 2.24) is 4.57 Å². The van der Waals surface area contributed by atoms with Gasteiger partial charge in [0, 0.05) is 37.2 Å². The summed E-state index contributed by atoms with van der Waals surface area (Å²) in [7, 11) is 6.19. The molecule has 102 valence electrons. The van der Waals surface area contributed by atoms with E-state index in [1.165, 1.54) is 22.2 Å². The predicted molar refractivity (Wildman–Crippen MR) is 87.7 cm³/mol. The average molecular weight is 285 g/mol. The zero-order valence-corrected chi connectivity index (χ0v) is 12.6. The van der Waals surface area contributed by atoms with Crippen molar-refractivity contribution in [3.05, 3.63) is 53.6 Å². The fraction of sp³-hybridized carbons (Fsp3) is 0.176. The summed E-state index contributed by atoms with van der Waals surface area (Å²) >= 11 is 6.24. The van der Waals surface area contributed by atoms with Gasteiger partial charge < -0.3 is 9.47 Å². The van der Waals surface area contributed by atoms with Gasteiger partial charge in [-0.2, -0.15) is 0 Å². The molecule has 1 heterocycles. The predicted octanol–water partition coefficient (Wildman–Crippen LogP) is 4.56. The molecule has 0 bridgehead atoms. The molecule has 0 aliphatic heterocycles. The molecule has 0 atom stereocenters. The highest BCUT2D eigenvalue weighted by Crippen LogP contribution is 2.35. The lowest BCUT2D eigenvalue weighted by molar-refractivity contribution is 0.971. The number of hydrogen-bond donors (Lipinski definition) is 0. The average Bonchev–Trinajstić information content (AvgIpc) is 2.76. The number of rotatable bonds is 2. The summed E-state index contributed by atoms with van der Waals surface area (Å²) in [5.41, 5.74) is 4.76. The molecule has 3 heteroatoms. The van der Waals surface area contributed by atoms with E-state index < -0.39 is 0 Å². The van der Waals surface area contributed by atoms with E-state index in [9.17, 15) is 0 Å². The van der Waals surface area contributed by atoms with E-state index in [0.717, 1.165) is 10.7 Å². The molecule has 0 amide bonds. The Hall–Kier alpha value is -1.93.